The average Bonchev–Trinajstić information content (AvgIpc) is 2.02. The van der Waals surface area contributed by atoms with Gasteiger partial charge in [-0.2, -0.15) is 0 Å². The molecule has 0 atom stereocenters. The number of rotatable bonds is 0. The molecule has 0 aromatic heterocycles. The lowest BCUT2D eigenvalue weighted by molar-refractivity contribution is 0.376. The van der Waals surface area contributed by atoms with Gasteiger partial charge in [0.25, 0.3) is 0 Å². The first-order chi connectivity index (χ1) is 4.89. The molecule has 0 aliphatic carbocycles. The minimum atomic E-state index is 1.06. The Morgan fingerprint density at radius 1 is 0.900 bits per heavy atom. The molecule has 1 radical (unpaired) electrons. The van der Waals surface area contributed by atoms with Gasteiger partial charge in [0.05, 0.1) is 0 Å². The molecular weight excluding hydrogens is 126 g/mol. The van der Waals surface area contributed by atoms with Crippen LogP contribution in [0.25, 0.3) is 0 Å². The maximum Gasteiger partial charge on any atom is 0.0110 e. The fourth-order valence-electron chi connectivity index (χ4n) is 1.01. The number of nitrogens with zero attached hydrogens (tertiary/aromatic N) is 1. The molecule has 1 aliphatic rings. The summed E-state index contributed by atoms with van der Waals surface area (Å²) in [5, 5.41) is 6.63. The van der Waals surface area contributed by atoms with E-state index in [0.717, 1.165) is 39.3 Å². The Kier molecular flexibility index (Phi) is 3.72. The molecule has 1 fully saturated rings. The molecule has 59 valence electrons. The van der Waals surface area contributed by atoms with E-state index in [0.29, 0.717) is 0 Å². The summed E-state index contributed by atoms with van der Waals surface area (Å²) >= 11 is 0. The third-order valence-electron chi connectivity index (χ3n) is 1.69. The van der Waals surface area contributed by atoms with Crippen molar-refractivity contribution >= 4 is 0 Å². The van der Waals surface area contributed by atoms with E-state index in [1.807, 2.05) is 0 Å². The van der Waals surface area contributed by atoms with Gasteiger partial charge in [-0.1, -0.05) is 0 Å². The lowest BCUT2D eigenvalue weighted by Crippen LogP contribution is -2.28. The summed E-state index contributed by atoms with van der Waals surface area (Å²) in [7, 11) is 3.89. The largest absolute Gasteiger partial charge is 0.314 e. The lowest BCUT2D eigenvalue weighted by Gasteiger charge is -2.13. The van der Waals surface area contributed by atoms with Gasteiger partial charge in [-0.15, -0.1) is 0 Å². The molecule has 0 unspecified atom stereocenters. The van der Waals surface area contributed by atoms with E-state index >= 15 is 0 Å². The van der Waals surface area contributed by atoms with Crippen LogP contribution < -0.4 is 10.6 Å². The van der Waals surface area contributed by atoms with Gasteiger partial charge in [0.1, 0.15) is 0 Å². The molecule has 0 spiro atoms. The predicted octanol–water partition coefficient (Wildman–Crippen LogP) is -0.727. The van der Waals surface area contributed by atoms with Crippen LogP contribution in [0, 0.1) is 7.05 Å². The zero-order valence-corrected chi connectivity index (χ0v) is 6.40. The zero-order chi connectivity index (χ0) is 7.23. The predicted molar refractivity (Wildman–Crippen MR) is 42.7 cm³/mol. The van der Waals surface area contributed by atoms with Gasteiger partial charge in [-0.3, -0.25) is 4.90 Å². The second-order valence-electron chi connectivity index (χ2n) is 2.62. The molecule has 0 bridgehead atoms. The summed E-state index contributed by atoms with van der Waals surface area (Å²) in [5.41, 5.74) is 0. The van der Waals surface area contributed by atoms with Crippen LogP contribution in [0.4, 0.5) is 0 Å². The third-order valence-corrected chi connectivity index (χ3v) is 1.69. The van der Waals surface area contributed by atoms with E-state index in [1.54, 1.807) is 0 Å². The van der Waals surface area contributed by atoms with Crippen LogP contribution >= 0.6 is 0 Å². The first-order valence-electron chi connectivity index (χ1n) is 3.86. The van der Waals surface area contributed by atoms with Crippen molar-refractivity contribution in [1.29, 1.82) is 0 Å². The van der Waals surface area contributed by atoms with Crippen LogP contribution in [0.2, 0.25) is 0 Å². The molecule has 3 heteroatoms. The molecule has 0 amide bonds. The topological polar surface area (TPSA) is 27.3 Å². The summed E-state index contributed by atoms with van der Waals surface area (Å²) in [6.07, 6.45) is 0. The number of nitrogens with one attached hydrogen (secondary N) is 2. The fourth-order valence-corrected chi connectivity index (χ4v) is 1.01. The van der Waals surface area contributed by atoms with Gasteiger partial charge in [-0.05, 0) is 0 Å². The van der Waals surface area contributed by atoms with Crippen molar-refractivity contribution in [2.24, 2.45) is 0 Å². The van der Waals surface area contributed by atoms with Gasteiger partial charge < -0.3 is 10.6 Å². The van der Waals surface area contributed by atoms with E-state index in [2.05, 4.69) is 22.6 Å². The minimum absolute atomic E-state index is 1.06. The number of hydrogen-bond acceptors (Lipinski definition) is 3. The number of hydrogen-bond donors (Lipinski definition) is 2. The maximum absolute atomic E-state index is 3.89. The van der Waals surface area contributed by atoms with Crippen molar-refractivity contribution in [3.8, 4) is 0 Å². The Balaban J connectivity index is 2.15. The van der Waals surface area contributed by atoms with Crippen LogP contribution in [-0.2, 0) is 0 Å². The highest BCUT2D eigenvalue weighted by molar-refractivity contribution is 4.63. The first kappa shape index (κ1) is 7.98. The molecule has 0 saturated carbocycles. The van der Waals surface area contributed by atoms with Crippen molar-refractivity contribution < 1.29 is 0 Å². The van der Waals surface area contributed by atoms with Crippen LogP contribution in [0.3, 0.4) is 0 Å². The quantitative estimate of drug-likeness (QED) is 0.467. The van der Waals surface area contributed by atoms with Gasteiger partial charge >= 0.3 is 0 Å². The minimum Gasteiger partial charge on any atom is -0.314 e. The SMILES string of the molecule is [CH2]N1CCNCCNCC1. The first-order valence-corrected chi connectivity index (χ1v) is 3.86. The Morgan fingerprint density at radius 3 is 1.90 bits per heavy atom. The molecule has 0 aromatic rings. The molecule has 1 saturated heterocycles. The third kappa shape index (κ3) is 3.15. The van der Waals surface area contributed by atoms with E-state index in [-0.39, 0.29) is 0 Å². The Hall–Kier alpha value is -0.120. The van der Waals surface area contributed by atoms with Crippen LogP contribution in [0.15, 0.2) is 0 Å². The van der Waals surface area contributed by atoms with Crippen LogP contribution in [-0.4, -0.2) is 44.2 Å². The highest BCUT2D eigenvalue weighted by Crippen LogP contribution is 1.82. The standard InChI is InChI=1S/C7H16N3/c1-10-6-4-8-2-3-9-5-7-10/h8-9H,1-7H2. The van der Waals surface area contributed by atoms with Gasteiger partial charge in [0.2, 0.25) is 0 Å². The van der Waals surface area contributed by atoms with Crippen LogP contribution in [0.5, 0.6) is 0 Å². The van der Waals surface area contributed by atoms with Crippen LogP contribution in [0.1, 0.15) is 0 Å². The fraction of sp³-hybridized carbons (Fsp3) is 0.857. The Morgan fingerprint density at radius 2 is 1.40 bits per heavy atom. The van der Waals surface area contributed by atoms with Gasteiger partial charge in [0, 0.05) is 46.3 Å². The van der Waals surface area contributed by atoms with E-state index in [9.17, 15) is 0 Å². The monoisotopic (exact) mass is 142 g/mol. The summed E-state index contributed by atoms with van der Waals surface area (Å²) in [4.78, 5) is 2.09. The molecule has 1 heterocycles. The smallest absolute Gasteiger partial charge is 0.0110 e. The molecule has 10 heavy (non-hydrogen) atoms. The van der Waals surface area contributed by atoms with Crippen molar-refractivity contribution in [2.75, 3.05) is 39.3 Å². The van der Waals surface area contributed by atoms with Crippen molar-refractivity contribution in [1.82, 2.24) is 15.5 Å². The highest BCUT2D eigenvalue weighted by atomic mass is 15.1. The summed E-state index contributed by atoms with van der Waals surface area (Å²) in [6, 6.07) is 0. The lowest BCUT2D eigenvalue weighted by atomic mass is 10.5. The Labute approximate surface area is 62.8 Å². The van der Waals surface area contributed by atoms with E-state index in [1.165, 1.54) is 0 Å². The Bertz CT molecular complexity index is 74.9. The highest BCUT2D eigenvalue weighted by Gasteiger charge is 1.99. The second kappa shape index (κ2) is 4.66. The molecule has 3 nitrogen and oxygen atoms in total. The molecular formula is C7H16N3. The van der Waals surface area contributed by atoms with E-state index < -0.39 is 0 Å². The van der Waals surface area contributed by atoms with E-state index in [4.69, 9.17) is 0 Å². The molecule has 1 aliphatic heterocycles. The molecule has 2 N–H and O–H groups in total. The molecule has 0 aromatic carbocycles. The van der Waals surface area contributed by atoms with Crippen molar-refractivity contribution in [2.45, 2.75) is 0 Å². The van der Waals surface area contributed by atoms with Gasteiger partial charge in [-0.25, -0.2) is 0 Å². The maximum atomic E-state index is 3.89. The van der Waals surface area contributed by atoms with Crippen molar-refractivity contribution in [3.05, 3.63) is 7.05 Å². The summed E-state index contributed by atoms with van der Waals surface area (Å²) < 4.78 is 0. The average molecular weight is 142 g/mol. The summed E-state index contributed by atoms with van der Waals surface area (Å²) in [5.74, 6) is 0. The van der Waals surface area contributed by atoms with Crippen molar-refractivity contribution in [3.63, 3.8) is 0 Å². The zero-order valence-electron chi connectivity index (χ0n) is 6.40. The van der Waals surface area contributed by atoms with Gasteiger partial charge in [0.15, 0.2) is 0 Å². The normalized spacial score (nSPS) is 24.9. The summed E-state index contributed by atoms with van der Waals surface area (Å²) in [6.45, 7) is 6.39. The molecule has 1 rings (SSSR count). The second-order valence-corrected chi connectivity index (χ2v) is 2.62.